The van der Waals surface area contributed by atoms with Gasteiger partial charge in [0.1, 0.15) is 0 Å². The zero-order valence-corrected chi connectivity index (χ0v) is 9.92. The fourth-order valence-electron chi connectivity index (χ4n) is 2.05. The molecule has 2 unspecified atom stereocenters. The van der Waals surface area contributed by atoms with E-state index in [0.29, 0.717) is 0 Å². The average molecular weight is 200 g/mol. The van der Waals surface area contributed by atoms with E-state index in [4.69, 9.17) is 4.74 Å². The van der Waals surface area contributed by atoms with Crippen molar-refractivity contribution in [3.63, 3.8) is 0 Å². The molecule has 1 fully saturated rings. The van der Waals surface area contributed by atoms with Crippen molar-refractivity contribution in [3.05, 3.63) is 0 Å². The van der Waals surface area contributed by atoms with Crippen LogP contribution in [0, 0.1) is 11.3 Å². The van der Waals surface area contributed by atoms with Gasteiger partial charge in [0.05, 0.1) is 12.2 Å². The lowest BCUT2D eigenvalue weighted by Crippen LogP contribution is -2.39. The highest BCUT2D eigenvalue weighted by atomic mass is 16.5. The summed E-state index contributed by atoms with van der Waals surface area (Å²) in [5, 5.41) is 10.00. The normalized spacial score (nSPS) is 22.1. The smallest absolute Gasteiger partial charge is 0.0878 e. The lowest BCUT2D eigenvalue weighted by Gasteiger charge is -2.33. The van der Waals surface area contributed by atoms with E-state index in [1.807, 2.05) is 0 Å². The minimum atomic E-state index is -0.305. The van der Waals surface area contributed by atoms with Crippen LogP contribution in [0.2, 0.25) is 0 Å². The second-order valence-corrected chi connectivity index (χ2v) is 5.61. The van der Waals surface area contributed by atoms with Gasteiger partial charge in [-0.25, -0.2) is 0 Å². The van der Waals surface area contributed by atoms with Crippen LogP contribution in [-0.2, 0) is 4.74 Å². The van der Waals surface area contributed by atoms with Gasteiger partial charge >= 0.3 is 0 Å². The van der Waals surface area contributed by atoms with E-state index in [1.165, 1.54) is 12.8 Å². The van der Waals surface area contributed by atoms with Gasteiger partial charge < -0.3 is 9.84 Å². The van der Waals surface area contributed by atoms with Crippen LogP contribution in [0.5, 0.6) is 0 Å². The van der Waals surface area contributed by atoms with E-state index in [-0.39, 0.29) is 17.6 Å². The number of rotatable bonds is 5. The molecule has 1 aliphatic rings. The first kappa shape index (κ1) is 12.0. The summed E-state index contributed by atoms with van der Waals surface area (Å²) in [7, 11) is 1.69. The molecule has 2 atom stereocenters. The number of aliphatic hydroxyl groups excluding tert-OH is 1. The SMILES string of the molecule is COC(C(O)CCC1CC1)C(C)(C)C. The summed E-state index contributed by atoms with van der Waals surface area (Å²) in [6.07, 6.45) is 4.43. The summed E-state index contributed by atoms with van der Waals surface area (Å²) >= 11 is 0. The third-order valence-corrected chi connectivity index (χ3v) is 3.02. The molecule has 0 aromatic heterocycles. The van der Waals surface area contributed by atoms with Gasteiger partial charge in [-0.1, -0.05) is 33.6 Å². The number of methoxy groups -OCH3 is 1. The average Bonchev–Trinajstić information content (AvgIpc) is 2.82. The highest BCUT2D eigenvalue weighted by Crippen LogP contribution is 2.35. The Bertz CT molecular complexity index is 168. The third-order valence-electron chi connectivity index (χ3n) is 3.02. The maximum Gasteiger partial charge on any atom is 0.0878 e. The Kier molecular flexibility index (Phi) is 3.96. The molecule has 0 aliphatic heterocycles. The van der Waals surface area contributed by atoms with Crippen LogP contribution in [0.25, 0.3) is 0 Å². The maximum atomic E-state index is 10.00. The third kappa shape index (κ3) is 3.58. The van der Waals surface area contributed by atoms with Gasteiger partial charge in [-0.3, -0.25) is 0 Å². The summed E-state index contributed by atoms with van der Waals surface area (Å²) in [6.45, 7) is 6.34. The van der Waals surface area contributed by atoms with Crippen LogP contribution in [0.3, 0.4) is 0 Å². The topological polar surface area (TPSA) is 29.5 Å². The first-order valence-corrected chi connectivity index (χ1v) is 5.66. The zero-order valence-electron chi connectivity index (χ0n) is 9.92. The van der Waals surface area contributed by atoms with Crippen LogP contribution >= 0.6 is 0 Å². The van der Waals surface area contributed by atoms with Gasteiger partial charge in [-0.15, -0.1) is 0 Å². The van der Waals surface area contributed by atoms with E-state index in [0.717, 1.165) is 18.8 Å². The van der Waals surface area contributed by atoms with Gasteiger partial charge in [-0.05, 0) is 24.2 Å². The molecule has 0 saturated heterocycles. The van der Waals surface area contributed by atoms with Gasteiger partial charge in [0.15, 0.2) is 0 Å². The summed E-state index contributed by atoms with van der Waals surface area (Å²) in [4.78, 5) is 0. The molecule has 2 heteroatoms. The Morgan fingerprint density at radius 2 is 1.93 bits per heavy atom. The zero-order chi connectivity index (χ0) is 10.8. The number of aliphatic hydroxyl groups is 1. The molecule has 0 amide bonds. The van der Waals surface area contributed by atoms with Crippen molar-refractivity contribution in [3.8, 4) is 0 Å². The first-order chi connectivity index (χ1) is 6.45. The second kappa shape index (κ2) is 4.63. The minimum absolute atomic E-state index is 0.0255. The molecule has 1 rings (SSSR count). The lowest BCUT2D eigenvalue weighted by molar-refractivity contribution is -0.0740. The number of hydrogen-bond donors (Lipinski definition) is 1. The molecule has 0 radical (unpaired) electrons. The number of ether oxygens (including phenoxy) is 1. The summed E-state index contributed by atoms with van der Waals surface area (Å²) in [5.41, 5.74) is 0.0255. The highest BCUT2D eigenvalue weighted by molar-refractivity contribution is 4.83. The molecule has 2 nitrogen and oxygen atoms in total. The van der Waals surface area contributed by atoms with E-state index >= 15 is 0 Å². The van der Waals surface area contributed by atoms with Crippen molar-refractivity contribution < 1.29 is 9.84 Å². The largest absolute Gasteiger partial charge is 0.390 e. The van der Waals surface area contributed by atoms with Gasteiger partial charge in [0.25, 0.3) is 0 Å². The molecule has 14 heavy (non-hydrogen) atoms. The number of hydrogen-bond acceptors (Lipinski definition) is 2. The van der Waals surface area contributed by atoms with Crippen LogP contribution in [0.1, 0.15) is 46.5 Å². The van der Waals surface area contributed by atoms with E-state index in [1.54, 1.807) is 7.11 Å². The highest BCUT2D eigenvalue weighted by Gasteiger charge is 2.32. The van der Waals surface area contributed by atoms with Crippen LogP contribution in [-0.4, -0.2) is 24.4 Å². The Balaban J connectivity index is 2.33. The van der Waals surface area contributed by atoms with Gasteiger partial charge in [0, 0.05) is 7.11 Å². The van der Waals surface area contributed by atoms with Crippen molar-refractivity contribution >= 4 is 0 Å². The molecule has 0 aromatic carbocycles. The first-order valence-electron chi connectivity index (χ1n) is 5.66. The van der Waals surface area contributed by atoms with Crippen LogP contribution in [0.15, 0.2) is 0 Å². The van der Waals surface area contributed by atoms with Gasteiger partial charge in [0.2, 0.25) is 0 Å². The maximum absolute atomic E-state index is 10.00. The molecule has 1 saturated carbocycles. The Morgan fingerprint density at radius 3 is 2.29 bits per heavy atom. The molecular weight excluding hydrogens is 176 g/mol. The monoisotopic (exact) mass is 200 g/mol. The molecular formula is C12H24O2. The lowest BCUT2D eigenvalue weighted by atomic mass is 9.84. The fourth-order valence-corrected chi connectivity index (χ4v) is 2.05. The molecule has 0 aromatic rings. The van der Waals surface area contributed by atoms with Crippen molar-refractivity contribution in [1.82, 2.24) is 0 Å². The van der Waals surface area contributed by atoms with Crippen molar-refractivity contribution in [2.45, 2.75) is 58.7 Å². The summed E-state index contributed by atoms with van der Waals surface area (Å²) in [6, 6.07) is 0. The van der Waals surface area contributed by atoms with E-state index in [2.05, 4.69) is 20.8 Å². The van der Waals surface area contributed by atoms with Crippen LogP contribution < -0.4 is 0 Å². The molecule has 0 spiro atoms. The van der Waals surface area contributed by atoms with Gasteiger partial charge in [-0.2, -0.15) is 0 Å². The van der Waals surface area contributed by atoms with Crippen molar-refractivity contribution in [2.75, 3.05) is 7.11 Å². The predicted octanol–water partition coefficient (Wildman–Crippen LogP) is 2.60. The Morgan fingerprint density at radius 1 is 1.36 bits per heavy atom. The minimum Gasteiger partial charge on any atom is -0.390 e. The Hall–Kier alpha value is -0.0800. The van der Waals surface area contributed by atoms with Crippen molar-refractivity contribution in [1.29, 1.82) is 0 Å². The fraction of sp³-hybridized carbons (Fsp3) is 1.00. The van der Waals surface area contributed by atoms with Crippen molar-refractivity contribution in [2.24, 2.45) is 11.3 Å². The molecule has 0 heterocycles. The Labute approximate surface area is 87.7 Å². The summed E-state index contributed by atoms with van der Waals surface area (Å²) < 4.78 is 5.38. The predicted molar refractivity (Wildman–Crippen MR) is 58.2 cm³/mol. The van der Waals surface area contributed by atoms with E-state index < -0.39 is 0 Å². The molecule has 1 aliphatic carbocycles. The molecule has 0 bridgehead atoms. The molecule has 84 valence electrons. The standard InChI is InChI=1S/C12H24O2/c1-12(2,3)11(14-4)10(13)8-7-9-5-6-9/h9-11,13H,5-8H2,1-4H3. The quantitative estimate of drug-likeness (QED) is 0.739. The summed E-state index contributed by atoms with van der Waals surface area (Å²) in [5.74, 6) is 0.891. The van der Waals surface area contributed by atoms with Crippen LogP contribution in [0.4, 0.5) is 0 Å². The second-order valence-electron chi connectivity index (χ2n) is 5.61. The molecule has 1 N–H and O–H groups in total. The van der Waals surface area contributed by atoms with E-state index in [9.17, 15) is 5.11 Å².